The number of nitrogens with zero attached hydrogens (tertiary/aromatic N) is 1. The van der Waals surface area contributed by atoms with Crippen LogP contribution in [0.1, 0.15) is 19.3 Å². The van der Waals surface area contributed by atoms with Gasteiger partial charge in [-0.05, 0) is 31.5 Å². The summed E-state index contributed by atoms with van der Waals surface area (Å²) >= 11 is 5.30. The van der Waals surface area contributed by atoms with E-state index in [9.17, 15) is 0 Å². The van der Waals surface area contributed by atoms with Crippen molar-refractivity contribution in [3.05, 3.63) is 0 Å². The van der Waals surface area contributed by atoms with E-state index in [0.717, 1.165) is 32.6 Å². The number of hydrogen-bond donors (Lipinski definition) is 4. The lowest BCUT2D eigenvalue weighted by atomic mass is 9.91. The maximum absolute atomic E-state index is 5.55. The minimum Gasteiger partial charge on any atom is -0.359 e. The molecule has 7 nitrogen and oxygen atoms in total. The van der Waals surface area contributed by atoms with E-state index in [2.05, 4.69) is 21.6 Å². The van der Waals surface area contributed by atoms with E-state index in [1.807, 2.05) is 5.01 Å². The van der Waals surface area contributed by atoms with E-state index in [1.165, 1.54) is 0 Å². The molecule has 8 heteroatoms. The summed E-state index contributed by atoms with van der Waals surface area (Å²) in [6.45, 7) is 1.90. The molecule has 4 N–H and O–H groups in total. The van der Waals surface area contributed by atoms with Crippen molar-refractivity contribution in [3.63, 3.8) is 0 Å². The minimum absolute atomic E-state index is 0.231. The molecule has 0 bridgehead atoms. The number of ether oxygens (including phenoxy) is 2. The van der Waals surface area contributed by atoms with Crippen LogP contribution in [0.4, 0.5) is 0 Å². The fraction of sp³-hybridized carbons (Fsp3) is 0.900. The van der Waals surface area contributed by atoms with Gasteiger partial charge in [0, 0.05) is 6.04 Å². The average molecular weight is 273 g/mol. The lowest BCUT2D eigenvalue weighted by molar-refractivity contribution is 0.0393. The summed E-state index contributed by atoms with van der Waals surface area (Å²) in [4.78, 5) is 0. The van der Waals surface area contributed by atoms with Gasteiger partial charge < -0.3 is 14.8 Å². The zero-order chi connectivity index (χ0) is 12.4. The molecule has 0 spiro atoms. The first kappa shape index (κ1) is 12.5. The summed E-state index contributed by atoms with van der Waals surface area (Å²) in [6, 6.07) is 0.372. The first-order valence-corrected chi connectivity index (χ1v) is 6.73. The second-order valence-corrected chi connectivity index (χ2v) is 5.24. The third kappa shape index (κ3) is 2.90. The Morgan fingerprint density at radius 2 is 1.94 bits per heavy atom. The molecule has 2 aliphatic heterocycles. The molecule has 0 aromatic rings. The van der Waals surface area contributed by atoms with Crippen LogP contribution in [0, 0.1) is 0 Å². The van der Waals surface area contributed by atoms with Gasteiger partial charge in [0.1, 0.15) is 6.79 Å². The molecule has 0 radical (unpaired) electrons. The van der Waals surface area contributed by atoms with Crippen LogP contribution in [0.5, 0.6) is 0 Å². The van der Waals surface area contributed by atoms with Gasteiger partial charge in [0.05, 0.1) is 25.5 Å². The average Bonchev–Trinajstić information content (AvgIpc) is 2.98. The molecule has 3 aliphatic rings. The molecule has 2 heterocycles. The van der Waals surface area contributed by atoms with E-state index in [-0.39, 0.29) is 12.2 Å². The summed E-state index contributed by atoms with van der Waals surface area (Å²) in [6.07, 6.45) is 3.59. The highest BCUT2D eigenvalue weighted by atomic mass is 32.1. The molecule has 3 unspecified atom stereocenters. The zero-order valence-corrected chi connectivity index (χ0v) is 11.0. The number of fused-ring (bicyclic) bond motifs is 1. The second kappa shape index (κ2) is 5.64. The molecule has 1 saturated carbocycles. The van der Waals surface area contributed by atoms with Crippen molar-refractivity contribution < 1.29 is 9.47 Å². The van der Waals surface area contributed by atoms with Gasteiger partial charge in [-0.15, -0.1) is 0 Å². The lowest BCUT2D eigenvalue weighted by Crippen LogP contribution is -2.51. The van der Waals surface area contributed by atoms with Gasteiger partial charge >= 0.3 is 0 Å². The van der Waals surface area contributed by atoms with E-state index in [1.54, 1.807) is 0 Å². The van der Waals surface area contributed by atoms with Crippen molar-refractivity contribution in [2.75, 3.05) is 20.1 Å². The largest absolute Gasteiger partial charge is 0.359 e. The summed E-state index contributed by atoms with van der Waals surface area (Å²) in [5.74, 6) is 0. The zero-order valence-electron chi connectivity index (χ0n) is 10.1. The Hall–Kier alpha value is -0.510. The molecule has 1 aliphatic carbocycles. The molecule has 0 amide bonds. The Balaban J connectivity index is 1.43. The van der Waals surface area contributed by atoms with Crippen LogP contribution in [-0.2, 0) is 9.47 Å². The third-order valence-electron chi connectivity index (χ3n) is 3.56. The number of hydrogen-bond acceptors (Lipinski definition) is 6. The molecule has 0 aromatic carbocycles. The first-order chi connectivity index (χ1) is 8.81. The van der Waals surface area contributed by atoms with Gasteiger partial charge in [0.25, 0.3) is 0 Å². The Kier molecular flexibility index (Phi) is 3.92. The molecule has 2 saturated heterocycles. The van der Waals surface area contributed by atoms with Gasteiger partial charge in [-0.2, -0.15) is 5.01 Å². The predicted octanol–water partition coefficient (Wildman–Crippen LogP) is -1.02. The highest BCUT2D eigenvalue weighted by Crippen LogP contribution is 2.28. The highest BCUT2D eigenvalue weighted by molar-refractivity contribution is 7.80. The topological polar surface area (TPSA) is 69.8 Å². The Morgan fingerprint density at radius 3 is 2.78 bits per heavy atom. The fourth-order valence-electron chi connectivity index (χ4n) is 2.61. The van der Waals surface area contributed by atoms with E-state index in [4.69, 9.17) is 21.7 Å². The SMILES string of the molecule is S=C(NC1CCC2OCOC2C1)NN1CNNC1. The van der Waals surface area contributed by atoms with Gasteiger partial charge in [-0.3, -0.25) is 5.43 Å². The van der Waals surface area contributed by atoms with Crippen LogP contribution in [-0.4, -0.2) is 48.5 Å². The maximum Gasteiger partial charge on any atom is 0.181 e. The highest BCUT2D eigenvalue weighted by Gasteiger charge is 2.36. The smallest absolute Gasteiger partial charge is 0.181 e. The monoisotopic (exact) mass is 273 g/mol. The van der Waals surface area contributed by atoms with Crippen molar-refractivity contribution in [1.29, 1.82) is 0 Å². The standard InChI is InChI=1S/C10H19N5O2S/c18-10(14-15-4-11-12-5-15)13-7-1-2-8-9(3-7)17-6-16-8/h7-9,11-12H,1-6H2,(H2,13,14,18). The molecular formula is C10H19N5O2S. The maximum atomic E-state index is 5.55. The Morgan fingerprint density at radius 1 is 1.17 bits per heavy atom. The van der Waals surface area contributed by atoms with Crippen molar-refractivity contribution in [2.24, 2.45) is 0 Å². The number of rotatable bonds is 2. The number of nitrogens with one attached hydrogen (secondary N) is 4. The molecule has 3 fully saturated rings. The number of hydrazine groups is 2. The van der Waals surface area contributed by atoms with Crippen LogP contribution in [0.2, 0.25) is 0 Å². The van der Waals surface area contributed by atoms with Crippen LogP contribution in [0.3, 0.4) is 0 Å². The van der Waals surface area contributed by atoms with Gasteiger partial charge in [-0.1, -0.05) is 0 Å². The van der Waals surface area contributed by atoms with Gasteiger partial charge in [0.2, 0.25) is 0 Å². The molecule has 0 aromatic heterocycles. The van der Waals surface area contributed by atoms with E-state index >= 15 is 0 Å². The second-order valence-electron chi connectivity index (χ2n) is 4.83. The summed E-state index contributed by atoms with van der Waals surface area (Å²) in [7, 11) is 0. The molecule has 102 valence electrons. The molecule has 3 atom stereocenters. The lowest BCUT2D eigenvalue weighted by Gasteiger charge is -2.31. The van der Waals surface area contributed by atoms with Gasteiger partial charge in [0.15, 0.2) is 5.11 Å². The van der Waals surface area contributed by atoms with E-state index in [0.29, 0.717) is 17.9 Å². The third-order valence-corrected chi connectivity index (χ3v) is 3.76. The fourth-order valence-corrected chi connectivity index (χ4v) is 2.91. The first-order valence-electron chi connectivity index (χ1n) is 6.32. The van der Waals surface area contributed by atoms with Crippen LogP contribution in [0.15, 0.2) is 0 Å². The minimum atomic E-state index is 0.231. The Bertz CT molecular complexity index is 313. The summed E-state index contributed by atoms with van der Waals surface area (Å²) in [5, 5.41) is 5.98. The van der Waals surface area contributed by atoms with Crippen LogP contribution >= 0.6 is 12.2 Å². The summed E-state index contributed by atoms with van der Waals surface area (Å²) < 4.78 is 11.0. The predicted molar refractivity (Wildman–Crippen MR) is 69.0 cm³/mol. The van der Waals surface area contributed by atoms with Crippen LogP contribution in [0.25, 0.3) is 0 Å². The van der Waals surface area contributed by atoms with Crippen LogP contribution < -0.4 is 21.6 Å². The Labute approximate surface area is 111 Å². The van der Waals surface area contributed by atoms with Gasteiger partial charge in [-0.25, -0.2) is 10.9 Å². The summed E-state index contributed by atoms with van der Waals surface area (Å²) in [5.41, 5.74) is 9.14. The van der Waals surface area contributed by atoms with Crippen molar-refractivity contribution in [2.45, 2.75) is 37.5 Å². The van der Waals surface area contributed by atoms with Crippen molar-refractivity contribution >= 4 is 17.3 Å². The molecule has 18 heavy (non-hydrogen) atoms. The van der Waals surface area contributed by atoms with Crippen molar-refractivity contribution in [3.8, 4) is 0 Å². The number of thiocarbonyl (C=S) groups is 1. The normalized spacial score (nSPS) is 36.3. The van der Waals surface area contributed by atoms with Crippen molar-refractivity contribution in [1.82, 2.24) is 26.6 Å². The molecule has 3 rings (SSSR count). The quantitative estimate of drug-likeness (QED) is 0.477. The van der Waals surface area contributed by atoms with E-state index < -0.39 is 0 Å². The molecular weight excluding hydrogens is 254 g/mol.